The number of hydrogen-bond acceptors (Lipinski definition) is 4. The summed E-state index contributed by atoms with van der Waals surface area (Å²) in [7, 11) is 0. The molecule has 0 radical (unpaired) electrons. The maximum Gasteiger partial charge on any atom is 0.238 e. The molecule has 3 rings (SSSR count). The summed E-state index contributed by atoms with van der Waals surface area (Å²) in [6.45, 7) is 6.33. The number of amides is 1. The van der Waals surface area contributed by atoms with E-state index in [2.05, 4.69) is 46.7 Å². The molecule has 2 heterocycles. The Kier molecular flexibility index (Phi) is 10.2. The van der Waals surface area contributed by atoms with Crippen LogP contribution in [0.2, 0.25) is 0 Å². The highest BCUT2D eigenvalue weighted by Gasteiger charge is 2.22. The van der Waals surface area contributed by atoms with Gasteiger partial charge in [-0.25, -0.2) is 0 Å². The van der Waals surface area contributed by atoms with Gasteiger partial charge in [-0.05, 0) is 36.4 Å². The first-order valence-electron chi connectivity index (χ1n) is 8.60. The number of hydrogen-bond donors (Lipinski definition) is 2. The number of thioether (sulfide) groups is 1. The SMILES string of the molecule is CC1CCCN(Cc2ccccc2CNC(=O)[C@H]2CSCN2)C1.Cl.Cl. The molecular formula is C18H29Cl2N3OS. The van der Waals surface area contributed by atoms with E-state index in [9.17, 15) is 4.79 Å². The molecule has 4 nitrogen and oxygen atoms in total. The lowest BCUT2D eigenvalue weighted by Crippen LogP contribution is -2.41. The van der Waals surface area contributed by atoms with E-state index in [1.165, 1.54) is 37.1 Å². The Morgan fingerprint density at radius 1 is 1.32 bits per heavy atom. The average molecular weight is 406 g/mol. The molecule has 25 heavy (non-hydrogen) atoms. The molecule has 0 bridgehead atoms. The summed E-state index contributed by atoms with van der Waals surface area (Å²) in [5, 5.41) is 6.31. The van der Waals surface area contributed by atoms with Crippen LogP contribution in [0.3, 0.4) is 0 Å². The summed E-state index contributed by atoms with van der Waals surface area (Å²) >= 11 is 1.78. The predicted octanol–water partition coefficient (Wildman–Crippen LogP) is 3.04. The second-order valence-corrected chi connectivity index (χ2v) is 7.77. The Bertz CT molecular complexity index is 541. The maximum atomic E-state index is 12.2. The zero-order chi connectivity index (χ0) is 16.1. The molecule has 2 atom stereocenters. The number of nitrogens with one attached hydrogen (secondary N) is 2. The molecule has 0 saturated carbocycles. The van der Waals surface area contributed by atoms with Gasteiger partial charge in [0, 0.05) is 31.3 Å². The van der Waals surface area contributed by atoms with Crippen LogP contribution in [0.25, 0.3) is 0 Å². The molecule has 2 fully saturated rings. The van der Waals surface area contributed by atoms with Crippen molar-refractivity contribution < 1.29 is 4.79 Å². The summed E-state index contributed by atoms with van der Waals surface area (Å²) in [4.78, 5) is 14.7. The van der Waals surface area contributed by atoms with Gasteiger partial charge in [0.25, 0.3) is 0 Å². The van der Waals surface area contributed by atoms with E-state index >= 15 is 0 Å². The van der Waals surface area contributed by atoms with E-state index in [0.717, 1.165) is 24.1 Å². The monoisotopic (exact) mass is 405 g/mol. The smallest absolute Gasteiger partial charge is 0.238 e. The van der Waals surface area contributed by atoms with E-state index in [0.29, 0.717) is 6.54 Å². The van der Waals surface area contributed by atoms with Crippen LogP contribution < -0.4 is 10.6 Å². The Morgan fingerprint density at radius 3 is 2.76 bits per heavy atom. The third-order valence-electron chi connectivity index (χ3n) is 4.74. The number of likely N-dealkylation sites (tertiary alicyclic amines) is 1. The third-order valence-corrected chi connectivity index (χ3v) is 5.68. The number of rotatable bonds is 5. The Morgan fingerprint density at radius 2 is 2.08 bits per heavy atom. The molecule has 1 aromatic carbocycles. The third kappa shape index (κ3) is 6.65. The van der Waals surface area contributed by atoms with Crippen molar-refractivity contribution >= 4 is 42.5 Å². The van der Waals surface area contributed by atoms with Gasteiger partial charge in [0.05, 0.1) is 6.04 Å². The number of halogens is 2. The summed E-state index contributed by atoms with van der Waals surface area (Å²) in [6, 6.07) is 8.47. The van der Waals surface area contributed by atoms with Gasteiger partial charge in [-0.3, -0.25) is 15.0 Å². The van der Waals surface area contributed by atoms with Crippen molar-refractivity contribution in [1.29, 1.82) is 0 Å². The summed E-state index contributed by atoms with van der Waals surface area (Å²) in [5.74, 6) is 2.67. The summed E-state index contributed by atoms with van der Waals surface area (Å²) < 4.78 is 0. The van der Waals surface area contributed by atoms with Crippen molar-refractivity contribution in [1.82, 2.24) is 15.5 Å². The minimum Gasteiger partial charge on any atom is -0.351 e. The van der Waals surface area contributed by atoms with Crippen molar-refractivity contribution in [2.75, 3.05) is 24.7 Å². The number of piperidine rings is 1. The van der Waals surface area contributed by atoms with E-state index < -0.39 is 0 Å². The standard InChI is InChI=1S/C18H27N3OS.2ClH/c1-14-5-4-8-21(10-14)11-16-7-3-2-6-15(16)9-19-18(22)17-12-23-13-20-17;;/h2-3,6-7,14,17,20H,4-5,8-13H2,1H3,(H,19,22);2*1H/t14?,17-;;/m1../s1. The fraction of sp³-hybridized carbons (Fsp3) is 0.611. The van der Waals surface area contributed by atoms with Crippen LogP contribution in [0.4, 0.5) is 0 Å². The highest BCUT2D eigenvalue weighted by atomic mass is 35.5. The van der Waals surface area contributed by atoms with E-state index in [1.54, 1.807) is 11.8 Å². The van der Waals surface area contributed by atoms with Crippen molar-refractivity contribution in [3.05, 3.63) is 35.4 Å². The molecule has 2 N–H and O–H groups in total. The molecule has 1 unspecified atom stereocenters. The van der Waals surface area contributed by atoms with Crippen LogP contribution in [0.1, 0.15) is 30.9 Å². The topological polar surface area (TPSA) is 44.4 Å². The fourth-order valence-electron chi connectivity index (χ4n) is 3.42. The van der Waals surface area contributed by atoms with Crippen LogP contribution in [0, 0.1) is 5.92 Å². The number of nitrogens with zero attached hydrogens (tertiary/aromatic N) is 1. The summed E-state index contributed by atoms with van der Waals surface area (Å²) in [5.41, 5.74) is 2.58. The normalized spacial score (nSPS) is 23.4. The van der Waals surface area contributed by atoms with Gasteiger partial charge in [0.2, 0.25) is 5.91 Å². The molecule has 2 aliphatic rings. The molecule has 2 aliphatic heterocycles. The Balaban J connectivity index is 0.00000156. The highest BCUT2D eigenvalue weighted by molar-refractivity contribution is 7.99. The predicted molar refractivity (Wildman–Crippen MR) is 111 cm³/mol. The number of carbonyl (C=O) groups is 1. The molecule has 2 saturated heterocycles. The maximum absolute atomic E-state index is 12.2. The van der Waals surface area contributed by atoms with Crippen molar-refractivity contribution in [2.45, 2.75) is 38.9 Å². The Hall–Kier alpha value is -0.460. The van der Waals surface area contributed by atoms with Crippen molar-refractivity contribution in [3.63, 3.8) is 0 Å². The van der Waals surface area contributed by atoms with Crippen molar-refractivity contribution in [3.8, 4) is 0 Å². The van der Waals surface area contributed by atoms with E-state index in [-0.39, 0.29) is 36.8 Å². The van der Waals surface area contributed by atoms with Crippen LogP contribution in [0.15, 0.2) is 24.3 Å². The van der Waals surface area contributed by atoms with Gasteiger partial charge in [-0.2, -0.15) is 0 Å². The molecular weight excluding hydrogens is 377 g/mol. The van der Waals surface area contributed by atoms with E-state index in [4.69, 9.17) is 0 Å². The lowest BCUT2D eigenvalue weighted by molar-refractivity contribution is -0.122. The van der Waals surface area contributed by atoms with E-state index in [1.807, 2.05) is 0 Å². The van der Waals surface area contributed by atoms with Gasteiger partial charge in [0.1, 0.15) is 0 Å². The van der Waals surface area contributed by atoms with Crippen LogP contribution in [-0.4, -0.2) is 41.6 Å². The molecule has 0 spiro atoms. The molecule has 1 aromatic rings. The zero-order valence-electron chi connectivity index (χ0n) is 14.7. The number of benzene rings is 1. The minimum absolute atomic E-state index is 0. The van der Waals surface area contributed by atoms with Gasteiger partial charge in [-0.1, -0.05) is 31.2 Å². The van der Waals surface area contributed by atoms with Gasteiger partial charge >= 0.3 is 0 Å². The largest absolute Gasteiger partial charge is 0.351 e. The second-order valence-electron chi connectivity index (χ2n) is 6.74. The lowest BCUT2D eigenvalue weighted by Gasteiger charge is -2.31. The van der Waals surface area contributed by atoms with Gasteiger partial charge in [-0.15, -0.1) is 36.6 Å². The second kappa shape index (κ2) is 11.3. The first-order valence-corrected chi connectivity index (χ1v) is 9.76. The molecule has 1 amide bonds. The van der Waals surface area contributed by atoms with Crippen LogP contribution in [-0.2, 0) is 17.9 Å². The highest BCUT2D eigenvalue weighted by Crippen LogP contribution is 2.19. The first kappa shape index (κ1) is 22.6. The van der Waals surface area contributed by atoms with Crippen LogP contribution in [0.5, 0.6) is 0 Å². The minimum atomic E-state index is -0.0323. The Labute approximate surface area is 167 Å². The quantitative estimate of drug-likeness (QED) is 0.789. The van der Waals surface area contributed by atoms with Gasteiger partial charge in [0.15, 0.2) is 0 Å². The lowest BCUT2D eigenvalue weighted by atomic mass is 9.99. The molecule has 7 heteroatoms. The van der Waals surface area contributed by atoms with Crippen LogP contribution >= 0.6 is 36.6 Å². The summed E-state index contributed by atoms with van der Waals surface area (Å²) in [6.07, 6.45) is 2.64. The average Bonchev–Trinajstić information content (AvgIpc) is 3.08. The zero-order valence-corrected chi connectivity index (χ0v) is 17.2. The van der Waals surface area contributed by atoms with Gasteiger partial charge < -0.3 is 5.32 Å². The fourth-order valence-corrected chi connectivity index (χ4v) is 4.37. The molecule has 0 aromatic heterocycles. The molecule has 0 aliphatic carbocycles. The number of carbonyl (C=O) groups excluding carboxylic acids is 1. The first-order chi connectivity index (χ1) is 11.2. The van der Waals surface area contributed by atoms with Crippen molar-refractivity contribution in [2.24, 2.45) is 5.92 Å². The molecule has 142 valence electrons.